The van der Waals surface area contributed by atoms with E-state index in [1.165, 1.54) is 4.88 Å². The molecular formula is C14H16ClNO2S2. The normalized spacial score (nSPS) is 11.7. The molecule has 0 amide bonds. The van der Waals surface area contributed by atoms with Gasteiger partial charge in [0.1, 0.15) is 0 Å². The summed E-state index contributed by atoms with van der Waals surface area (Å²) >= 11 is 7.28. The summed E-state index contributed by atoms with van der Waals surface area (Å²) in [6.07, 6.45) is 1.45. The van der Waals surface area contributed by atoms with E-state index in [0.29, 0.717) is 23.7 Å². The van der Waals surface area contributed by atoms with Crippen LogP contribution < -0.4 is 4.72 Å². The fourth-order valence-corrected chi connectivity index (χ4v) is 3.75. The molecule has 0 aliphatic carbocycles. The van der Waals surface area contributed by atoms with E-state index in [1.54, 1.807) is 35.6 Å². The molecule has 3 nitrogen and oxygen atoms in total. The van der Waals surface area contributed by atoms with Crippen LogP contribution in [0.1, 0.15) is 10.4 Å². The van der Waals surface area contributed by atoms with Crippen LogP contribution in [0.5, 0.6) is 0 Å². The maximum atomic E-state index is 12.1. The Bertz CT molecular complexity index is 622. The van der Waals surface area contributed by atoms with E-state index in [1.807, 2.05) is 17.5 Å². The lowest BCUT2D eigenvalue weighted by atomic mass is 10.2. The highest BCUT2D eigenvalue weighted by Gasteiger charge is 2.13. The van der Waals surface area contributed by atoms with Crippen molar-refractivity contribution < 1.29 is 8.42 Å². The van der Waals surface area contributed by atoms with Crippen LogP contribution in [-0.2, 0) is 22.9 Å². The predicted molar refractivity (Wildman–Crippen MR) is 84.1 cm³/mol. The molecule has 1 N–H and O–H groups in total. The lowest BCUT2D eigenvalue weighted by molar-refractivity contribution is 0.582. The number of hydrogen-bond acceptors (Lipinski definition) is 3. The second-order valence-electron chi connectivity index (χ2n) is 4.31. The van der Waals surface area contributed by atoms with Gasteiger partial charge < -0.3 is 0 Å². The third kappa shape index (κ3) is 4.31. The van der Waals surface area contributed by atoms with Gasteiger partial charge in [-0.25, -0.2) is 13.1 Å². The zero-order valence-electron chi connectivity index (χ0n) is 10.9. The number of aryl methyl sites for hydroxylation is 1. The van der Waals surface area contributed by atoms with E-state index in [4.69, 9.17) is 11.6 Å². The number of thiophene rings is 1. The van der Waals surface area contributed by atoms with Gasteiger partial charge in [-0.1, -0.05) is 18.2 Å². The zero-order chi connectivity index (χ0) is 14.4. The van der Waals surface area contributed by atoms with Gasteiger partial charge in [0.15, 0.2) is 0 Å². The van der Waals surface area contributed by atoms with E-state index in [0.717, 1.165) is 12.0 Å². The Morgan fingerprint density at radius 1 is 1.10 bits per heavy atom. The Kier molecular flexibility index (Phi) is 5.60. The molecule has 0 fully saturated rings. The summed E-state index contributed by atoms with van der Waals surface area (Å²) in [5, 5.41) is 1.99. The Morgan fingerprint density at radius 3 is 2.45 bits per heavy atom. The van der Waals surface area contributed by atoms with E-state index < -0.39 is 10.0 Å². The van der Waals surface area contributed by atoms with E-state index in [9.17, 15) is 8.42 Å². The van der Waals surface area contributed by atoms with Crippen LogP contribution in [0.4, 0.5) is 0 Å². The lowest BCUT2D eigenvalue weighted by Crippen LogP contribution is -2.25. The van der Waals surface area contributed by atoms with Gasteiger partial charge in [-0.3, -0.25) is 0 Å². The molecule has 20 heavy (non-hydrogen) atoms. The highest BCUT2D eigenvalue weighted by molar-refractivity contribution is 7.89. The number of nitrogens with one attached hydrogen (secondary N) is 1. The number of hydrogen-bond donors (Lipinski definition) is 1. The third-order valence-corrected chi connectivity index (χ3v) is 5.46. The van der Waals surface area contributed by atoms with Crippen molar-refractivity contribution in [1.82, 2.24) is 4.72 Å². The zero-order valence-corrected chi connectivity index (χ0v) is 13.3. The average Bonchev–Trinajstić information content (AvgIpc) is 2.93. The van der Waals surface area contributed by atoms with E-state index in [-0.39, 0.29) is 0 Å². The first-order valence-electron chi connectivity index (χ1n) is 6.29. The first kappa shape index (κ1) is 15.5. The molecule has 2 aromatic rings. The molecule has 0 spiro atoms. The molecule has 1 heterocycles. The van der Waals surface area contributed by atoms with E-state index >= 15 is 0 Å². The van der Waals surface area contributed by atoms with Crippen molar-refractivity contribution >= 4 is 33.0 Å². The molecule has 0 unspecified atom stereocenters. The second kappa shape index (κ2) is 7.22. The molecule has 0 bridgehead atoms. The van der Waals surface area contributed by atoms with Crippen LogP contribution in [0, 0.1) is 0 Å². The third-order valence-electron chi connectivity index (χ3n) is 2.86. The van der Waals surface area contributed by atoms with Crippen LogP contribution in [0.2, 0.25) is 0 Å². The summed E-state index contributed by atoms with van der Waals surface area (Å²) in [7, 11) is -3.42. The van der Waals surface area contributed by atoms with Crippen LogP contribution in [-0.4, -0.2) is 20.8 Å². The SMILES string of the molecule is O=S(=O)(NCCc1cccs1)c1ccc(CCCl)cc1. The molecule has 0 saturated heterocycles. The van der Waals surface area contributed by atoms with Crippen molar-refractivity contribution in [3.05, 3.63) is 52.2 Å². The fraction of sp³-hybridized carbons (Fsp3) is 0.286. The summed E-state index contributed by atoms with van der Waals surface area (Å²) < 4.78 is 26.8. The van der Waals surface area contributed by atoms with Crippen LogP contribution >= 0.6 is 22.9 Å². The monoisotopic (exact) mass is 329 g/mol. The van der Waals surface area contributed by atoms with Gasteiger partial charge in [0.05, 0.1) is 4.90 Å². The highest BCUT2D eigenvalue weighted by Crippen LogP contribution is 2.12. The smallest absolute Gasteiger partial charge is 0.211 e. The molecule has 6 heteroatoms. The fourth-order valence-electron chi connectivity index (χ4n) is 1.79. The Hall–Kier alpha value is -0.880. The highest BCUT2D eigenvalue weighted by atomic mass is 35.5. The van der Waals surface area contributed by atoms with Gasteiger partial charge in [0.25, 0.3) is 0 Å². The first-order valence-corrected chi connectivity index (χ1v) is 9.18. The summed E-state index contributed by atoms with van der Waals surface area (Å²) in [4.78, 5) is 1.46. The standard InChI is InChI=1S/C14H16ClNO2S2/c15-9-7-12-3-5-14(6-4-12)20(17,18)16-10-8-13-2-1-11-19-13/h1-6,11,16H,7-10H2. The molecule has 1 aromatic heterocycles. The molecule has 0 radical (unpaired) electrons. The van der Waals surface area contributed by atoms with Crippen molar-refractivity contribution in [3.63, 3.8) is 0 Å². The van der Waals surface area contributed by atoms with Crippen LogP contribution in [0.3, 0.4) is 0 Å². The largest absolute Gasteiger partial charge is 0.240 e. The second-order valence-corrected chi connectivity index (χ2v) is 7.49. The summed E-state index contributed by atoms with van der Waals surface area (Å²) in [6, 6.07) is 10.8. The minimum atomic E-state index is -3.42. The Morgan fingerprint density at radius 2 is 1.85 bits per heavy atom. The van der Waals surface area contributed by atoms with Gasteiger partial charge in [0, 0.05) is 17.3 Å². The maximum Gasteiger partial charge on any atom is 0.240 e. The molecule has 1 aromatic carbocycles. The maximum absolute atomic E-state index is 12.1. The lowest BCUT2D eigenvalue weighted by Gasteiger charge is -2.07. The predicted octanol–water partition coefficient (Wildman–Crippen LogP) is 3.05. The number of halogens is 1. The summed E-state index contributed by atoms with van der Waals surface area (Å²) in [6.45, 7) is 0.409. The van der Waals surface area contributed by atoms with Crippen molar-refractivity contribution in [3.8, 4) is 0 Å². The van der Waals surface area contributed by atoms with Crippen molar-refractivity contribution in [2.45, 2.75) is 17.7 Å². The number of alkyl halides is 1. The van der Waals surface area contributed by atoms with Crippen molar-refractivity contribution in [1.29, 1.82) is 0 Å². The van der Waals surface area contributed by atoms with Crippen molar-refractivity contribution in [2.75, 3.05) is 12.4 Å². The quantitative estimate of drug-likeness (QED) is 0.794. The molecule has 0 atom stereocenters. The molecule has 0 aliphatic heterocycles. The molecule has 0 aliphatic rings. The van der Waals surface area contributed by atoms with Gasteiger partial charge in [0.2, 0.25) is 10.0 Å². The first-order chi connectivity index (χ1) is 9.62. The molecule has 108 valence electrons. The van der Waals surface area contributed by atoms with Crippen molar-refractivity contribution in [2.24, 2.45) is 0 Å². The van der Waals surface area contributed by atoms with Crippen LogP contribution in [0.15, 0.2) is 46.7 Å². The Labute approximate surface area is 128 Å². The Balaban J connectivity index is 1.95. The van der Waals surface area contributed by atoms with E-state index in [2.05, 4.69) is 4.72 Å². The molecule has 2 rings (SSSR count). The molecular weight excluding hydrogens is 314 g/mol. The van der Waals surface area contributed by atoms with Gasteiger partial charge in [-0.15, -0.1) is 22.9 Å². The minimum Gasteiger partial charge on any atom is -0.211 e. The molecule has 0 saturated carbocycles. The number of benzene rings is 1. The summed E-state index contributed by atoms with van der Waals surface area (Å²) in [5.74, 6) is 0.533. The average molecular weight is 330 g/mol. The van der Waals surface area contributed by atoms with Gasteiger partial charge in [-0.05, 0) is 42.0 Å². The van der Waals surface area contributed by atoms with Crippen LogP contribution in [0.25, 0.3) is 0 Å². The minimum absolute atomic E-state index is 0.294. The topological polar surface area (TPSA) is 46.2 Å². The number of rotatable bonds is 7. The van der Waals surface area contributed by atoms with Gasteiger partial charge in [-0.2, -0.15) is 0 Å². The van der Waals surface area contributed by atoms with Gasteiger partial charge >= 0.3 is 0 Å². The number of sulfonamides is 1. The summed E-state index contributed by atoms with van der Waals surface area (Å²) in [5.41, 5.74) is 1.04.